The Morgan fingerprint density at radius 2 is 1.87 bits per heavy atom. The van der Waals surface area contributed by atoms with E-state index in [1.165, 1.54) is 24.8 Å². The fourth-order valence-corrected chi connectivity index (χ4v) is 6.35. The summed E-state index contributed by atoms with van der Waals surface area (Å²) < 4.78 is 0. The molecule has 0 aromatic heterocycles. The highest BCUT2D eigenvalue weighted by Crippen LogP contribution is 2.61. The zero-order chi connectivity index (χ0) is 15.0. The summed E-state index contributed by atoms with van der Waals surface area (Å²) in [5.74, 6) is 4.47. The summed E-state index contributed by atoms with van der Waals surface area (Å²) in [6.07, 6.45) is 27.9. The number of fused-ring (bicyclic) bond motifs is 4. The zero-order valence-corrected chi connectivity index (χ0v) is 13.4. The molecule has 0 heteroatoms. The minimum atomic E-state index is 0.628. The van der Waals surface area contributed by atoms with Gasteiger partial charge in [0, 0.05) is 5.92 Å². The Morgan fingerprint density at radius 1 is 0.870 bits per heavy atom. The van der Waals surface area contributed by atoms with Crippen molar-refractivity contribution in [3.8, 4) is 0 Å². The zero-order valence-electron chi connectivity index (χ0n) is 13.4. The molecule has 6 unspecified atom stereocenters. The first kappa shape index (κ1) is 12.6. The van der Waals surface area contributed by atoms with Crippen LogP contribution >= 0.6 is 0 Å². The Morgan fingerprint density at radius 3 is 2.87 bits per heavy atom. The lowest BCUT2D eigenvalue weighted by atomic mass is 9.58. The number of rotatable bonds is 0. The lowest BCUT2D eigenvalue weighted by Crippen LogP contribution is -2.37. The van der Waals surface area contributed by atoms with Crippen molar-refractivity contribution in [2.45, 2.75) is 19.3 Å². The smallest absolute Gasteiger partial charge is 0.00870 e. The van der Waals surface area contributed by atoms with Gasteiger partial charge in [-0.25, -0.2) is 0 Å². The third-order valence-electron chi connectivity index (χ3n) is 7.17. The van der Waals surface area contributed by atoms with E-state index in [1.807, 2.05) is 5.57 Å². The summed E-state index contributed by atoms with van der Waals surface area (Å²) in [5.41, 5.74) is 6.76. The van der Waals surface area contributed by atoms with Crippen molar-refractivity contribution in [2.75, 3.05) is 0 Å². The summed E-state index contributed by atoms with van der Waals surface area (Å²) in [4.78, 5) is 0. The molecule has 0 aromatic carbocycles. The fraction of sp³-hybridized carbons (Fsp3) is 0.391. The molecule has 0 saturated heterocycles. The molecule has 2 fully saturated rings. The maximum absolute atomic E-state index is 2.56. The van der Waals surface area contributed by atoms with Gasteiger partial charge < -0.3 is 0 Å². The Kier molecular flexibility index (Phi) is 2.40. The monoisotopic (exact) mass is 298 g/mol. The standard InChI is InChI=1S/C23H22/c1-2-7-18-14(4-1)10-11-19-20(18)12-17-9-8-15-5-3-6-16-13-21(19)23(17)22(15)16/h1-4,6-11,16-18,20-21,23H,5,12-13H2. The second-order valence-electron chi connectivity index (χ2n) is 8.06. The second kappa shape index (κ2) is 4.38. The van der Waals surface area contributed by atoms with Crippen molar-refractivity contribution in [1.82, 2.24) is 0 Å². The average Bonchev–Trinajstić information content (AvgIpc) is 3.00. The first-order chi connectivity index (χ1) is 11.4. The number of allylic oxidation sites excluding steroid dienone is 14. The second-order valence-corrected chi connectivity index (χ2v) is 8.06. The Bertz CT molecular complexity index is 792. The molecule has 0 spiro atoms. The van der Waals surface area contributed by atoms with Crippen LogP contribution in [0.1, 0.15) is 19.3 Å². The largest absolute Gasteiger partial charge is 0.0835 e. The highest BCUT2D eigenvalue weighted by molar-refractivity contribution is 5.50. The minimum absolute atomic E-state index is 0.628. The van der Waals surface area contributed by atoms with E-state index < -0.39 is 0 Å². The number of hydrogen-bond donors (Lipinski definition) is 0. The van der Waals surface area contributed by atoms with Gasteiger partial charge in [-0.05, 0) is 60.0 Å². The molecule has 6 atom stereocenters. The molecule has 6 aliphatic carbocycles. The van der Waals surface area contributed by atoms with Crippen molar-refractivity contribution in [3.05, 3.63) is 83.1 Å². The van der Waals surface area contributed by atoms with Crippen molar-refractivity contribution in [3.63, 3.8) is 0 Å². The van der Waals surface area contributed by atoms with E-state index in [0.29, 0.717) is 5.92 Å². The van der Waals surface area contributed by atoms with Crippen LogP contribution in [0, 0.1) is 35.5 Å². The summed E-state index contributed by atoms with van der Waals surface area (Å²) in [6, 6.07) is 0. The van der Waals surface area contributed by atoms with Gasteiger partial charge in [0.25, 0.3) is 0 Å². The van der Waals surface area contributed by atoms with Crippen LogP contribution in [-0.4, -0.2) is 0 Å². The van der Waals surface area contributed by atoms with E-state index >= 15 is 0 Å². The van der Waals surface area contributed by atoms with Crippen LogP contribution in [0.3, 0.4) is 0 Å². The summed E-state index contributed by atoms with van der Waals surface area (Å²) >= 11 is 0. The van der Waals surface area contributed by atoms with Gasteiger partial charge in [0.1, 0.15) is 0 Å². The highest BCUT2D eigenvalue weighted by atomic mass is 14.6. The van der Waals surface area contributed by atoms with Crippen LogP contribution in [0.25, 0.3) is 0 Å². The van der Waals surface area contributed by atoms with Crippen LogP contribution < -0.4 is 0 Å². The number of hydrogen-bond acceptors (Lipinski definition) is 0. The van der Waals surface area contributed by atoms with Gasteiger partial charge in [-0.15, -0.1) is 0 Å². The molecule has 0 N–H and O–H groups in total. The quantitative estimate of drug-likeness (QED) is 0.532. The molecule has 0 aromatic rings. The molecule has 23 heavy (non-hydrogen) atoms. The molecule has 0 aliphatic heterocycles. The molecule has 114 valence electrons. The molecule has 0 nitrogen and oxygen atoms in total. The van der Waals surface area contributed by atoms with Crippen LogP contribution in [0.15, 0.2) is 83.1 Å². The summed E-state index contributed by atoms with van der Waals surface area (Å²) in [5, 5.41) is 0. The van der Waals surface area contributed by atoms with Gasteiger partial charge in [0.15, 0.2) is 0 Å². The van der Waals surface area contributed by atoms with Crippen LogP contribution in [0.4, 0.5) is 0 Å². The van der Waals surface area contributed by atoms with Crippen LogP contribution in [0.2, 0.25) is 0 Å². The van der Waals surface area contributed by atoms with E-state index in [9.17, 15) is 0 Å². The predicted octanol–water partition coefficient (Wildman–Crippen LogP) is 5.31. The van der Waals surface area contributed by atoms with Gasteiger partial charge in [0.2, 0.25) is 0 Å². The van der Waals surface area contributed by atoms with Crippen molar-refractivity contribution in [1.29, 1.82) is 0 Å². The normalized spacial score (nSPS) is 44.5. The average molecular weight is 298 g/mol. The molecular weight excluding hydrogens is 276 g/mol. The lowest BCUT2D eigenvalue weighted by molar-refractivity contribution is 0.228. The van der Waals surface area contributed by atoms with Gasteiger partial charge in [-0.1, -0.05) is 71.9 Å². The first-order valence-corrected chi connectivity index (χ1v) is 9.24. The van der Waals surface area contributed by atoms with E-state index in [4.69, 9.17) is 0 Å². The topological polar surface area (TPSA) is 0 Å². The molecule has 0 radical (unpaired) electrons. The SMILES string of the molecule is C1=CC2=CC=C3C(CC4C=CC5=C6C(C=CC5)CC3C64)C2C=C1. The molecule has 6 rings (SSSR count). The predicted molar refractivity (Wildman–Crippen MR) is 94.5 cm³/mol. The van der Waals surface area contributed by atoms with Crippen molar-refractivity contribution >= 4 is 0 Å². The van der Waals surface area contributed by atoms with E-state index in [2.05, 4.69) is 60.8 Å². The van der Waals surface area contributed by atoms with Crippen LogP contribution in [0.5, 0.6) is 0 Å². The van der Waals surface area contributed by atoms with Gasteiger partial charge in [-0.2, -0.15) is 0 Å². The third kappa shape index (κ3) is 1.57. The molecule has 6 aliphatic rings. The Hall–Kier alpha value is -1.82. The first-order valence-electron chi connectivity index (χ1n) is 9.24. The van der Waals surface area contributed by atoms with Crippen LogP contribution in [-0.2, 0) is 0 Å². The third-order valence-corrected chi connectivity index (χ3v) is 7.17. The van der Waals surface area contributed by atoms with Gasteiger partial charge in [-0.3, -0.25) is 0 Å². The fourth-order valence-electron chi connectivity index (χ4n) is 6.35. The summed E-state index contributed by atoms with van der Waals surface area (Å²) in [6.45, 7) is 0. The molecule has 2 saturated carbocycles. The maximum Gasteiger partial charge on any atom is 0.00870 e. The Balaban J connectivity index is 1.49. The van der Waals surface area contributed by atoms with Crippen molar-refractivity contribution in [2.24, 2.45) is 35.5 Å². The Labute approximate surface area is 138 Å². The molecule has 0 amide bonds. The van der Waals surface area contributed by atoms with E-state index in [-0.39, 0.29) is 0 Å². The maximum atomic E-state index is 2.56. The molecule has 0 heterocycles. The van der Waals surface area contributed by atoms with Gasteiger partial charge in [0.05, 0.1) is 0 Å². The van der Waals surface area contributed by atoms with E-state index in [0.717, 1.165) is 29.6 Å². The minimum Gasteiger partial charge on any atom is -0.0835 e. The van der Waals surface area contributed by atoms with Gasteiger partial charge >= 0.3 is 0 Å². The summed E-state index contributed by atoms with van der Waals surface area (Å²) in [7, 11) is 0. The molecule has 0 bridgehead atoms. The lowest BCUT2D eigenvalue weighted by Gasteiger charge is -2.46. The highest BCUT2D eigenvalue weighted by Gasteiger charge is 2.51. The van der Waals surface area contributed by atoms with E-state index in [1.54, 1.807) is 11.1 Å². The molecular formula is C23H22. The van der Waals surface area contributed by atoms with Crippen molar-refractivity contribution < 1.29 is 0 Å².